The molecular formula is C18H20N6OS. The van der Waals surface area contributed by atoms with E-state index in [2.05, 4.69) is 21.5 Å². The molecule has 8 heteroatoms. The fraction of sp³-hybridized carbons (Fsp3) is 0.333. The molecule has 1 saturated heterocycles. The average Bonchev–Trinajstić information content (AvgIpc) is 3.37. The van der Waals surface area contributed by atoms with Crippen molar-refractivity contribution in [2.24, 2.45) is 0 Å². The summed E-state index contributed by atoms with van der Waals surface area (Å²) in [4.78, 5) is 23.3. The van der Waals surface area contributed by atoms with Crippen LogP contribution in [-0.4, -0.2) is 43.6 Å². The van der Waals surface area contributed by atoms with Crippen molar-refractivity contribution in [3.05, 3.63) is 53.6 Å². The molecule has 3 aromatic rings. The van der Waals surface area contributed by atoms with Crippen LogP contribution in [0.4, 0.5) is 10.8 Å². The van der Waals surface area contributed by atoms with E-state index in [1.54, 1.807) is 28.4 Å². The third kappa shape index (κ3) is 3.75. The zero-order chi connectivity index (χ0) is 17.9. The predicted molar refractivity (Wildman–Crippen MR) is 101 cm³/mol. The number of thiazole rings is 1. The smallest absolute Gasteiger partial charge is 0.244 e. The van der Waals surface area contributed by atoms with E-state index in [4.69, 9.17) is 4.98 Å². The first-order chi connectivity index (χ1) is 12.7. The second-order valence-electron chi connectivity index (χ2n) is 6.41. The fourth-order valence-corrected chi connectivity index (χ4v) is 3.79. The van der Waals surface area contributed by atoms with Crippen LogP contribution in [0, 0.1) is 6.92 Å². The molecule has 1 amide bonds. The monoisotopic (exact) mass is 368 g/mol. The summed E-state index contributed by atoms with van der Waals surface area (Å²) >= 11 is 1.56. The number of anilines is 2. The van der Waals surface area contributed by atoms with Crippen molar-refractivity contribution in [3.8, 4) is 0 Å². The van der Waals surface area contributed by atoms with Crippen LogP contribution in [0.25, 0.3) is 0 Å². The van der Waals surface area contributed by atoms with E-state index < -0.39 is 0 Å². The highest BCUT2D eigenvalue weighted by Crippen LogP contribution is 2.29. The summed E-state index contributed by atoms with van der Waals surface area (Å²) in [5, 5.41) is 10.2. The number of rotatable bonds is 5. The lowest BCUT2D eigenvalue weighted by molar-refractivity contribution is -0.131. The highest BCUT2D eigenvalue weighted by molar-refractivity contribution is 7.13. The quantitative estimate of drug-likeness (QED) is 0.749. The Bertz CT molecular complexity index is 877. The Morgan fingerprint density at radius 2 is 2.31 bits per heavy atom. The van der Waals surface area contributed by atoms with E-state index in [9.17, 15) is 4.79 Å². The molecule has 7 nitrogen and oxygen atoms in total. The Morgan fingerprint density at radius 1 is 1.38 bits per heavy atom. The number of hydrogen-bond donors (Lipinski definition) is 1. The van der Waals surface area contributed by atoms with Crippen molar-refractivity contribution in [1.29, 1.82) is 0 Å². The van der Waals surface area contributed by atoms with Crippen LogP contribution in [0.5, 0.6) is 0 Å². The first kappa shape index (κ1) is 16.7. The Morgan fingerprint density at radius 3 is 3.08 bits per heavy atom. The summed E-state index contributed by atoms with van der Waals surface area (Å²) in [6, 6.07) is 5.91. The van der Waals surface area contributed by atoms with Gasteiger partial charge in [0.25, 0.3) is 0 Å². The van der Waals surface area contributed by atoms with Crippen LogP contribution in [-0.2, 0) is 11.3 Å². The minimum absolute atomic E-state index is 0.102. The van der Waals surface area contributed by atoms with Crippen molar-refractivity contribution in [2.75, 3.05) is 18.4 Å². The third-order valence-corrected chi connectivity index (χ3v) is 5.16. The fourth-order valence-electron chi connectivity index (χ4n) is 3.24. The Balaban J connectivity index is 1.44. The van der Waals surface area contributed by atoms with Gasteiger partial charge in [-0.1, -0.05) is 0 Å². The first-order valence-corrected chi connectivity index (χ1v) is 9.45. The van der Waals surface area contributed by atoms with Crippen LogP contribution >= 0.6 is 11.3 Å². The van der Waals surface area contributed by atoms with E-state index in [0.29, 0.717) is 6.54 Å². The van der Waals surface area contributed by atoms with Gasteiger partial charge in [-0.15, -0.1) is 11.3 Å². The zero-order valence-electron chi connectivity index (χ0n) is 14.5. The zero-order valence-corrected chi connectivity index (χ0v) is 15.3. The summed E-state index contributed by atoms with van der Waals surface area (Å²) in [5.74, 6) is 0.360. The maximum atomic E-state index is 12.5. The standard InChI is InChI=1S/C18H20N6OS/c1-13-9-15(22-18-19-5-8-26-18)10-16(21-13)14-3-7-23(11-14)17(25)12-24-6-2-4-20-24/h2,4-6,8-10,14H,3,7,11-12H2,1H3,(H,19,21,22). The maximum Gasteiger partial charge on any atom is 0.244 e. The molecule has 1 atom stereocenters. The molecule has 1 fully saturated rings. The summed E-state index contributed by atoms with van der Waals surface area (Å²) < 4.78 is 1.66. The number of carbonyl (C=O) groups is 1. The molecule has 4 heterocycles. The third-order valence-electron chi connectivity index (χ3n) is 4.47. The van der Waals surface area contributed by atoms with Gasteiger partial charge < -0.3 is 10.2 Å². The molecule has 4 rings (SSSR count). The normalized spacial score (nSPS) is 16.8. The van der Waals surface area contributed by atoms with Gasteiger partial charge in [0.1, 0.15) is 6.54 Å². The topological polar surface area (TPSA) is 75.9 Å². The molecule has 134 valence electrons. The van der Waals surface area contributed by atoms with E-state index >= 15 is 0 Å². The molecule has 1 N–H and O–H groups in total. The lowest BCUT2D eigenvalue weighted by Crippen LogP contribution is -2.31. The van der Waals surface area contributed by atoms with E-state index in [1.165, 1.54) is 0 Å². The second kappa shape index (κ2) is 7.25. The molecule has 1 unspecified atom stereocenters. The van der Waals surface area contributed by atoms with Gasteiger partial charge in [-0.05, 0) is 31.5 Å². The first-order valence-electron chi connectivity index (χ1n) is 8.58. The molecular weight excluding hydrogens is 348 g/mol. The van der Waals surface area contributed by atoms with Gasteiger partial charge >= 0.3 is 0 Å². The number of aromatic nitrogens is 4. The highest BCUT2D eigenvalue weighted by atomic mass is 32.1. The van der Waals surface area contributed by atoms with Gasteiger partial charge in [0, 0.05) is 60.1 Å². The molecule has 0 radical (unpaired) electrons. The number of hydrogen-bond acceptors (Lipinski definition) is 6. The van der Waals surface area contributed by atoms with Crippen LogP contribution in [0.2, 0.25) is 0 Å². The number of pyridine rings is 1. The average molecular weight is 368 g/mol. The van der Waals surface area contributed by atoms with E-state index in [-0.39, 0.29) is 18.4 Å². The number of likely N-dealkylation sites (tertiary alicyclic amines) is 1. The summed E-state index contributed by atoms with van der Waals surface area (Å²) in [7, 11) is 0. The number of amides is 1. The molecule has 0 saturated carbocycles. The van der Waals surface area contributed by atoms with Gasteiger partial charge in [-0.25, -0.2) is 4.98 Å². The second-order valence-corrected chi connectivity index (χ2v) is 7.31. The number of aryl methyl sites for hydroxylation is 1. The van der Waals surface area contributed by atoms with Crippen molar-refractivity contribution in [3.63, 3.8) is 0 Å². The molecule has 26 heavy (non-hydrogen) atoms. The molecule has 0 aliphatic carbocycles. The lowest BCUT2D eigenvalue weighted by atomic mass is 10.0. The molecule has 1 aliphatic heterocycles. The van der Waals surface area contributed by atoms with Crippen LogP contribution in [0.15, 0.2) is 42.2 Å². The van der Waals surface area contributed by atoms with Crippen LogP contribution in [0.1, 0.15) is 23.7 Å². The molecule has 3 aromatic heterocycles. The number of nitrogens with one attached hydrogen (secondary N) is 1. The van der Waals surface area contributed by atoms with E-state index in [0.717, 1.165) is 35.2 Å². The van der Waals surface area contributed by atoms with Gasteiger partial charge in [-0.2, -0.15) is 5.10 Å². The van der Waals surface area contributed by atoms with Crippen LogP contribution < -0.4 is 5.32 Å². The van der Waals surface area contributed by atoms with Gasteiger partial charge in [-0.3, -0.25) is 14.5 Å². The minimum atomic E-state index is 0.102. The van der Waals surface area contributed by atoms with Crippen molar-refractivity contribution < 1.29 is 4.79 Å². The summed E-state index contributed by atoms with van der Waals surface area (Å²) in [5.41, 5.74) is 2.98. The van der Waals surface area contributed by atoms with Gasteiger partial charge in [0.05, 0.1) is 0 Å². The molecule has 0 spiro atoms. The SMILES string of the molecule is Cc1cc(Nc2nccs2)cc(C2CCN(C(=O)Cn3cccn3)C2)n1. The molecule has 0 aromatic carbocycles. The highest BCUT2D eigenvalue weighted by Gasteiger charge is 2.28. The number of nitrogens with zero attached hydrogens (tertiary/aromatic N) is 5. The Labute approximate surface area is 155 Å². The Kier molecular flexibility index (Phi) is 4.66. The maximum absolute atomic E-state index is 12.5. The van der Waals surface area contributed by atoms with Crippen molar-refractivity contribution >= 4 is 28.1 Å². The summed E-state index contributed by atoms with van der Waals surface area (Å²) in [6.07, 6.45) is 6.21. The van der Waals surface area contributed by atoms with Gasteiger partial charge in [0.15, 0.2) is 5.13 Å². The largest absolute Gasteiger partial charge is 0.340 e. The van der Waals surface area contributed by atoms with E-state index in [1.807, 2.05) is 35.5 Å². The van der Waals surface area contributed by atoms with Gasteiger partial charge in [0.2, 0.25) is 5.91 Å². The lowest BCUT2D eigenvalue weighted by Gasteiger charge is -2.17. The van der Waals surface area contributed by atoms with Crippen molar-refractivity contribution in [2.45, 2.75) is 25.8 Å². The Hall–Kier alpha value is -2.74. The number of carbonyl (C=O) groups excluding carboxylic acids is 1. The minimum Gasteiger partial charge on any atom is -0.340 e. The van der Waals surface area contributed by atoms with Crippen molar-refractivity contribution in [1.82, 2.24) is 24.6 Å². The molecule has 1 aliphatic rings. The summed E-state index contributed by atoms with van der Waals surface area (Å²) in [6.45, 7) is 3.74. The predicted octanol–water partition coefficient (Wildman–Crippen LogP) is 2.80. The van der Waals surface area contributed by atoms with Crippen LogP contribution in [0.3, 0.4) is 0 Å². The molecule has 0 bridgehead atoms.